The van der Waals surface area contributed by atoms with Crippen LogP contribution in [0.5, 0.6) is 0 Å². The van der Waals surface area contributed by atoms with Crippen LogP contribution in [0, 0.1) is 5.92 Å². The molecule has 2 unspecified atom stereocenters. The molecule has 16 heavy (non-hydrogen) atoms. The molecule has 1 aliphatic heterocycles. The lowest BCUT2D eigenvalue weighted by Gasteiger charge is -2.26. The number of aliphatic imine (C=N–C) groups is 2. The van der Waals surface area contributed by atoms with Crippen molar-refractivity contribution in [2.24, 2.45) is 21.6 Å². The van der Waals surface area contributed by atoms with E-state index in [1.54, 1.807) is 0 Å². The van der Waals surface area contributed by atoms with Crippen molar-refractivity contribution in [3.8, 4) is 0 Å². The van der Waals surface area contributed by atoms with E-state index in [1.807, 2.05) is 12.1 Å². The summed E-state index contributed by atoms with van der Waals surface area (Å²) in [6.45, 7) is 3.57. The summed E-state index contributed by atoms with van der Waals surface area (Å²) in [5.74, 6) is 1.82. The van der Waals surface area contributed by atoms with E-state index < -0.39 is 0 Å². The highest BCUT2D eigenvalue weighted by molar-refractivity contribution is 5.89. The molecule has 82 valence electrons. The Morgan fingerprint density at radius 3 is 2.94 bits per heavy atom. The van der Waals surface area contributed by atoms with Crippen LogP contribution in [0.3, 0.4) is 0 Å². The molecule has 0 saturated heterocycles. The fourth-order valence-electron chi connectivity index (χ4n) is 2.95. The quantitative estimate of drug-likeness (QED) is 0.716. The average molecular weight is 213 g/mol. The van der Waals surface area contributed by atoms with Crippen LogP contribution in [-0.2, 0) is 0 Å². The molecule has 3 nitrogen and oxygen atoms in total. The van der Waals surface area contributed by atoms with Crippen LogP contribution in [0.2, 0.25) is 0 Å². The molecule has 2 aliphatic rings. The molecule has 1 fully saturated rings. The summed E-state index contributed by atoms with van der Waals surface area (Å²) in [5.41, 5.74) is 9.28. The zero-order valence-electron chi connectivity index (χ0n) is 9.19. The average Bonchev–Trinajstić information content (AvgIpc) is 2.78. The highest BCUT2D eigenvalue weighted by Crippen LogP contribution is 2.47. The lowest BCUT2D eigenvalue weighted by atomic mass is 9.84. The van der Waals surface area contributed by atoms with Crippen molar-refractivity contribution >= 4 is 23.9 Å². The molecule has 0 radical (unpaired) electrons. The molecule has 1 aromatic carbocycles. The van der Waals surface area contributed by atoms with Gasteiger partial charge in [0.25, 0.3) is 0 Å². The molecule has 1 aromatic rings. The Morgan fingerprint density at radius 1 is 1.31 bits per heavy atom. The predicted molar refractivity (Wildman–Crippen MR) is 67.0 cm³/mol. The van der Waals surface area contributed by atoms with Gasteiger partial charge in [-0.25, -0.2) is 4.99 Å². The summed E-state index contributed by atoms with van der Waals surface area (Å²) in [5, 5.41) is 0. The van der Waals surface area contributed by atoms with Crippen molar-refractivity contribution in [1.82, 2.24) is 0 Å². The van der Waals surface area contributed by atoms with Crippen LogP contribution in [-0.4, -0.2) is 12.6 Å². The maximum absolute atomic E-state index is 6.02. The lowest BCUT2D eigenvalue weighted by molar-refractivity contribution is 0.610. The van der Waals surface area contributed by atoms with E-state index in [0.29, 0.717) is 11.8 Å². The summed E-state index contributed by atoms with van der Waals surface area (Å²) in [6.07, 6.45) is 3.64. The summed E-state index contributed by atoms with van der Waals surface area (Å²) in [7, 11) is 0. The minimum atomic E-state index is 0.451. The standard InChI is InChI=1S/C13H15N3/c1-15-8-5-6-12-11(7-8)9-3-2-4-10(9)13(14)16-12/h5-7,9-10H,1-4H2,(H2,14,16). The monoisotopic (exact) mass is 213 g/mol. The fourth-order valence-corrected chi connectivity index (χ4v) is 2.95. The van der Waals surface area contributed by atoms with Crippen LogP contribution >= 0.6 is 0 Å². The van der Waals surface area contributed by atoms with Crippen molar-refractivity contribution in [2.45, 2.75) is 25.2 Å². The van der Waals surface area contributed by atoms with E-state index >= 15 is 0 Å². The van der Waals surface area contributed by atoms with Gasteiger partial charge >= 0.3 is 0 Å². The molecule has 1 aliphatic carbocycles. The number of hydrogen-bond acceptors (Lipinski definition) is 3. The summed E-state index contributed by atoms with van der Waals surface area (Å²) in [4.78, 5) is 8.48. The largest absolute Gasteiger partial charge is 0.387 e. The Bertz CT molecular complexity index is 476. The van der Waals surface area contributed by atoms with Gasteiger partial charge in [-0.05, 0) is 49.2 Å². The first-order valence-corrected chi connectivity index (χ1v) is 5.74. The number of benzene rings is 1. The maximum atomic E-state index is 6.02. The number of rotatable bonds is 1. The van der Waals surface area contributed by atoms with Crippen LogP contribution in [0.4, 0.5) is 11.4 Å². The smallest absolute Gasteiger partial charge is 0.103 e. The third-order valence-corrected chi connectivity index (χ3v) is 3.74. The number of amidine groups is 1. The molecular weight excluding hydrogens is 198 g/mol. The van der Waals surface area contributed by atoms with Crippen LogP contribution in [0.1, 0.15) is 30.7 Å². The van der Waals surface area contributed by atoms with Crippen molar-refractivity contribution in [1.29, 1.82) is 0 Å². The Balaban J connectivity index is 2.15. The van der Waals surface area contributed by atoms with Crippen molar-refractivity contribution in [3.63, 3.8) is 0 Å². The normalized spacial score (nSPS) is 26.9. The van der Waals surface area contributed by atoms with E-state index in [4.69, 9.17) is 5.73 Å². The highest BCUT2D eigenvalue weighted by Gasteiger charge is 2.35. The lowest BCUT2D eigenvalue weighted by Crippen LogP contribution is -2.28. The molecule has 1 saturated carbocycles. The van der Waals surface area contributed by atoms with Gasteiger partial charge in [0, 0.05) is 5.92 Å². The van der Waals surface area contributed by atoms with Gasteiger partial charge in [-0.15, -0.1) is 0 Å². The minimum absolute atomic E-state index is 0.451. The SMILES string of the molecule is C=Nc1ccc2c(c1)C1CCCC1C(N)=N2. The molecule has 3 heteroatoms. The Kier molecular flexibility index (Phi) is 2.06. The molecular formula is C13H15N3. The van der Waals surface area contributed by atoms with Crippen LogP contribution < -0.4 is 5.73 Å². The van der Waals surface area contributed by atoms with Crippen LogP contribution in [0.15, 0.2) is 28.2 Å². The van der Waals surface area contributed by atoms with E-state index in [1.165, 1.54) is 24.8 Å². The van der Waals surface area contributed by atoms with Crippen molar-refractivity contribution < 1.29 is 0 Å². The molecule has 0 aromatic heterocycles. The first-order valence-electron chi connectivity index (χ1n) is 5.74. The number of nitrogens with two attached hydrogens (primary N) is 1. The van der Waals surface area contributed by atoms with E-state index in [2.05, 4.69) is 22.8 Å². The van der Waals surface area contributed by atoms with Crippen molar-refractivity contribution in [2.75, 3.05) is 0 Å². The van der Waals surface area contributed by atoms with E-state index in [0.717, 1.165) is 17.2 Å². The molecule has 0 spiro atoms. The second-order valence-corrected chi connectivity index (χ2v) is 4.58. The molecule has 2 atom stereocenters. The van der Waals surface area contributed by atoms with Crippen molar-refractivity contribution in [3.05, 3.63) is 23.8 Å². The minimum Gasteiger partial charge on any atom is -0.387 e. The molecule has 0 amide bonds. The van der Waals surface area contributed by atoms with Gasteiger partial charge in [0.1, 0.15) is 5.84 Å². The van der Waals surface area contributed by atoms with Gasteiger partial charge in [0.15, 0.2) is 0 Å². The van der Waals surface area contributed by atoms with Crippen LogP contribution in [0.25, 0.3) is 0 Å². The maximum Gasteiger partial charge on any atom is 0.103 e. The zero-order chi connectivity index (χ0) is 11.1. The third kappa shape index (κ3) is 1.28. The van der Waals surface area contributed by atoms with Gasteiger partial charge in [-0.3, -0.25) is 4.99 Å². The Morgan fingerprint density at radius 2 is 2.12 bits per heavy atom. The molecule has 1 heterocycles. The molecule has 0 bridgehead atoms. The number of hydrogen-bond donors (Lipinski definition) is 1. The van der Waals surface area contributed by atoms with Gasteiger partial charge in [-0.1, -0.05) is 6.42 Å². The van der Waals surface area contributed by atoms with E-state index in [9.17, 15) is 0 Å². The summed E-state index contributed by atoms with van der Waals surface area (Å²) >= 11 is 0. The highest BCUT2D eigenvalue weighted by atomic mass is 14.9. The van der Waals surface area contributed by atoms with Gasteiger partial charge in [-0.2, -0.15) is 0 Å². The second-order valence-electron chi connectivity index (χ2n) is 4.58. The fraction of sp³-hybridized carbons (Fsp3) is 0.385. The number of nitrogens with zero attached hydrogens (tertiary/aromatic N) is 2. The Hall–Kier alpha value is -1.64. The van der Waals surface area contributed by atoms with Gasteiger partial charge < -0.3 is 5.73 Å². The summed E-state index contributed by atoms with van der Waals surface area (Å²) in [6, 6.07) is 6.06. The summed E-state index contributed by atoms with van der Waals surface area (Å²) < 4.78 is 0. The zero-order valence-corrected chi connectivity index (χ0v) is 9.19. The van der Waals surface area contributed by atoms with Gasteiger partial charge in [0.2, 0.25) is 0 Å². The molecule has 2 N–H and O–H groups in total. The second kappa shape index (κ2) is 3.44. The van der Waals surface area contributed by atoms with Gasteiger partial charge in [0.05, 0.1) is 11.4 Å². The first kappa shape index (κ1) is 9.58. The molecule has 3 rings (SSSR count). The van der Waals surface area contributed by atoms with E-state index in [-0.39, 0.29) is 0 Å². The first-order chi connectivity index (χ1) is 7.79. The topological polar surface area (TPSA) is 50.7 Å². The Labute approximate surface area is 95.1 Å². The number of fused-ring (bicyclic) bond motifs is 3. The predicted octanol–water partition coefficient (Wildman–Crippen LogP) is 2.90. The third-order valence-electron chi connectivity index (χ3n) is 3.74.